The summed E-state index contributed by atoms with van der Waals surface area (Å²) < 4.78 is 0. The van der Waals surface area contributed by atoms with Gasteiger partial charge in [0, 0.05) is 25.7 Å². The third-order valence-electron chi connectivity index (χ3n) is 2.77. The zero-order chi connectivity index (χ0) is 14.7. The lowest BCUT2D eigenvalue weighted by Gasteiger charge is -2.08. The molecule has 0 aliphatic carbocycles. The predicted molar refractivity (Wildman–Crippen MR) is 85.5 cm³/mol. The van der Waals surface area contributed by atoms with Crippen LogP contribution in [0.4, 0.5) is 10.7 Å². The molecule has 20 heavy (non-hydrogen) atoms. The number of nitrogens with one attached hydrogen (secondary N) is 1. The van der Waals surface area contributed by atoms with Gasteiger partial charge < -0.3 is 16.0 Å². The van der Waals surface area contributed by atoms with Crippen molar-refractivity contribution >= 4 is 39.5 Å². The molecule has 0 bridgehead atoms. The fourth-order valence-corrected chi connectivity index (χ4v) is 2.89. The van der Waals surface area contributed by atoms with Crippen LogP contribution in [0.25, 0.3) is 0 Å². The van der Waals surface area contributed by atoms with Gasteiger partial charge >= 0.3 is 0 Å². The van der Waals surface area contributed by atoms with E-state index in [2.05, 4.69) is 5.32 Å². The molecule has 2 aromatic rings. The lowest BCUT2D eigenvalue weighted by atomic mass is 10.2. The quantitative estimate of drug-likeness (QED) is 0.911. The number of nitrogen functional groups attached to an aromatic ring is 1. The van der Waals surface area contributed by atoms with Gasteiger partial charge in [0.25, 0.3) is 5.91 Å². The van der Waals surface area contributed by atoms with Crippen molar-refractivity contribution in [3.8, 4) is 0 Å². The van der Waals surface area contributed by atoms with Crippen LogP contribution in [0.3, 0.4) is 0 Å². The van der Waals surface area contributed by atoms with Gasteiger partial charge in [-0.25, -0.2) is 0 Å². The summed E-state index contributed by atoms with van der Waals surface area (Å²) >= 11 is 7.45. The molecule has 4 nitrogen and oxygen atoms in total. The van der Waals surface area contributed by atoms with E-state index in [4.69, 9.17) is 17.3 Å². The maximum absolute atomic E-state index is 11.9. The van der Waals surface area contributed by atoms with Gasteiger partial charge in [-0.2, -0.15) is 0 Å². The molecule has 0 radical (unpaired) electrons. The Kier molecular flexibility index (Phi) is 4.52. The zero-order valence-corrected chi connectivity index (χ0v) is 12.9. The molecule has 0 saturated heterocycles. The Morgan fingerprint density at radius 3 is 2.75 bits per heavy atom. The number of anilines is 2. The highest BCUT2D eigenvalue weighted by molar-refractivity contribution is 7.18. The van der Waals surface area contributed by atoms with E-state index < -0.39 is 0 Å². The predicted octanol–water partition coefficient (Wildman–Crippen LogP) is 3.30. The normalized spacial score (nSPS) is 10.3. The van der Waals surface area contributed by atoms with Crippen molar-refractivity contribution in [1.82, 2.24) is 4.90 Å². The zero-order valence-electron chi connectivity index (χ0n) is 11.3. The van der Waals surface area contributed by atoms with Crippen molar-refractivity contribution in [1.29, 1.82) is 0 Å². The van der Waals surface area contributed by atoms with Gasteiger partial charge in [0.05, 0.1) is 10.7 Å². The topological polar surface area (TPSA) is 58.4 Å². The highest BCUT2D eigenvalue weighted by atomic mass is 35.5. The van der Waals surface area contributed by atoms with Gasteiger partial charge in [0.2, 0.25) is 0 Å². The van der Waals surface area contributed by atoms with Crippen molar-refractivity contribution in [2.75, 3.05) is 25.1 Å². The second-order valence-electron chi connectivity index (χ2n) is 4.54. The molecule has 1 heterocycles. The van der Waals surface area contributed by atoms with Crippen LogP contribution in [0, 0.1) is 0 Å². The Hall–Kier alpha value is -1.72. The minimum absolute atomic E-state index is 0.0849. The Labute approximate surface area is 127 Å². The molecule has 0 atom stereocenters. The van der Waals surface area contributed by atoms with Gasteiger partial charge in [-0.1, -0.05) is 29.8 Å². The molecule has 1 amide bonds. The van der Waals surface area contributed by atoms with Crippen molar-refractivity contribution in [3.05, 3.63) is 45.8 Å². The molecule has 1 aromatic heterocycles. The molecule has 0 saturated carbocycles. The lowest BCUT2D eigenvalue weighted by molar-refractivity contribution is 0.0833. The second kappa shape index (κ2) is 6.15. The summed E-state index contributed by atoms with van der Waals surface area (Å²) in [5, 5.41) is 4.81. The molecule has 0 unspecified atom stereocenters. The number of carbonyl (C=O) groups excluding carboxylic acids is 1. The molecular formula is C14H16ClN3OS. The van der Waals surface area contributed by atoms with Crippen molar-refractivity contribution in [2.45, 2.75) is 6.54 Å². The molecule has 2 rings (SSSR count). The largest absolute Gasteiger partial charge is 0.397 e. The molecule has 6 heteroatoms. The van der Waals surface area contributed by atoms with E-state index in [9.17, 15) is 4.79 Å². The van der Waals surface area contributed by atoms with Crippen LogP contribution in [0.15, 0.2) is 30.3 Å². The summed E-state index contributed by atoms with van der Waals surface area (Å²) in [6, 6.07) is 9.41. The van der Waals surface area contributed by atoms with Crippen molar-refractivity contribution < 1.29 is 4.79 Å². The van der Waals surface area contributed by atoms with E-state index in [-0.39, 0.29) is 5.91 Å². The molecule has 3 N–H and O–H groups in total. The van der Waals surface area contributed by atoms with Gasteiger partial charge in [0.1, 0.15) is 4.88 Å². The Bertz CT molecular complexity index is 625. The number of nitrogens with two attached hydrogens (primary N) is 1. The van der Waals surface area contributed by atoms with E-state index >= 15 is 0 Å². The lowest BCUT2D eigenvalue weighted by Crippen LogP contribution is -2.21. The second-order valence-corrected chi connectivity index (χ2v) is 6.00. The number of hydrogen-bond acceptors (Lipinski definition) is 4. The van der Waals surface area contributed by atoms with Crippen LogP contribution in [0.5, 0.6) is 0 Å². The third-order valence-corrected chi connectivity index (χ3v) is 4.24. The molecule has 0 fully saturated rings. The van der Waals surface area contributed by atoms with Crippen LogP contribution in [-0.2, 0) is 6.54 Å². The van der Waals surface area contributed by atoms with Gasteiger partial charge in [-0.05, 0) is 17.7 Å². The third kappa shape index (κ3) is 3.23. The maximum atomic E-state index is 11.9. The molecule has 0 aliphatic rings. The number of benzene rings is 1. The number of hydrogen-bond donors (Lipinski definition) is 2. The summed E-state index contributed by atoms with van der Waals surface area (Å²) in [6.45, 7) is 0.592. The van der Waals surface area contributed by atoms with E-state index in [0.717, 1.165) is 10.6 Å². The minimum atomic E-state index is -0.0849. The Balaban J connectivity index is 2.10. The number of amides is 1. The summed E-state index contributed by atoms with van der Waals surface area (Å²) in [5.41, 5.74) is 7.37. The smallest absolute Gasteiger partial charge is 0.265 e. The van der Waals surface area contributed by atoms with E-state index in [1.807, 2.05) is 24.3 Å². The summed E-state index contributed by atoms with van der Waals surface area (Å²) in [5.74, 6) is -0.0849. The maximum Gasteiger partial charge on any atom is 0.265 e. The molecule has 0 aliphatic heterocycles. The Morgan fingerprint density at radius 1 is 1.40 bits per heavy atom. The molecule has 1 aromatic carbocycles. The van der Waals surface area contributed by atoms with Crippen molar-refractivity contribution in [3.63, 3.8) is 0 Å². The van der Waals surface area contributed by atoms with Crippen LogP contribution in [0.2, 0.25) is 5.02 Å². The highest BCUT2D eigenvalue weighted by Gasteiger charge is 2.16. The van der Waals surface area contributed by atoms with Gasteiger partial charge in [-0.3, -0.25) is 4.79 Å². The first-order valence-corrected chi connectivity index (χ1v) is 7.26. The standard InChI is InChI=1S/C14H16ClN3OS/c1-18(2)14(19)13-11(16)7-12(20-13)17-8-9-5-3-4-6-10(9)15/h3-7,17H,8,16H2,1-2H3. The highest BCUT2D eigenvalue weighted by Crippen LogP contribution is 2.30. The fourth-order valence-electron chi connectivity index (χ4n) is 1.69. The first-order valence-electron chi connectivity index (χ1n) is 6.07. The first-order chi connectivity index (χ1) is 9.49. The average molecular weight is 310 g/mol. The van der Waals surface area contributed by atoms with Crippen LogP contribution < -0.4 is 11.1 Å². The van der Waals surface area contributed by atoms with Crippen LogP contribution >= 0.6 is 22.9 Å². The average Bonchev–Trinajstić information content (AvgIpc) is 2.78. The van der Waals surface area contributed by atoms with Crippen LogP contribution in [0.1, 0.15) is 15.2 Å². The molecular weight excluding hydrogens is 294 g/mol. The molecule has 0 spiro atoms. The fraction of sp³-hybridized carbons (Fsp3) is 0.214. The van der Waals surface area contributed by atoms with Gasteiger partial charge in [0.15, 0.2) is 0 Å². The number of nitrogens with zero attached hydrogens (tertiary/aromatic N) is 1. The van der Waals surface area contributed by atoms with Crippen LogP contribution in [-0.4, -0.2) is 24.9 Å². The van der Waals surface area contributed by atoms with E-state index in [0.29, 0.717) is 22.1 Å². The summed E-state index contributed by atoms with van der Waals surface area (Å²) in [7, 11) is 3.41. The SMILES string of the molecule is CN(C)C(=O)c1sc(NCc2ccccc2Cl)cc1N. The van der Waals surface area contributed by atoms with E-state index in [1.54, 1.807) is 20.2 Å². The summed E-state index contributed by atoms with van der Waals surface area (Å²) in [6.07, 6.45) is 0. The first kappa shape index (κ1) is 14.7. The summed E-state index contributed by atoms with van der Waals surface area (Å²) in [4.78, 5) is 14.0. The molecule has 106 valence electrons. The number of halogens is 1. The van der Waals surface area contributed by atoms with E-state index in [1.165, 1.54) is 16.2 Å². The number of carbonyl (C=O) groups is 1. The Morgan fingerprint density at radius 2 is 2.10 bits per heavy atom. The number of rotatable bonds is 4. The minimum Gasteiger partial charge on any atom is -0.397 e. The monoisotopic (exact) mass is 309 g/mol. The van der Waals surface area contributed by atoms with Crippen molar-refractivity contribution in [2.24, 2.45) is 0 Å². The number of thiophene rings is 1. The van der Waals surface area contributed by atoms with Gasteiger partial charge in [-0.15, -0.1) is 11.3 Å².